The summed E-state index contributed by atoms with van der Waals surface area (Å²) in [6.07, 6.45) is 1.75. The van der Waals surface area contributed by atoms with Gasteiger partial charge in [0.15, 0.2) is 24.0 Å². The molecule has 0 radical (unpaired) electrons. The third kappa shape index (κ3) is 4.45. The van der Waals surface area contributed by atoms with Gasteiger partial charge in [-0.1, -0.05) is 35.0 Å². The van der Waals surface area contributed by atoms with Gasteiger partial charge in [0.25, 0.3) is 11.8 Å². The van der Waals surface area contributed by atoms with Gasteiger partial charge in [-0.3, -0.25) is 4.79 Å². The van der Waals surface area contributed by atoms with Crippen LogP contribution in [0, 0.1) is 12.7 Å². The van der Waals surface area contributed by atoms with E-state index in [1.807, 2.05) is 36.1 Å². The van der Waals surface area contributed by atoms with Gasteiger partial charge in [0.05, 0.1) is 0 Å². The van der Waals surface area contributed by atoms with E-state index in [-0.39, 0.29) is 30.1 Å². The first-order chi connectivity index (χ1) is 14.1. The highest BCUT2D eigenvalue weighted by Gasteiger charge is 2.28. The molecule has 29 heavy (non-hydrogen) atoms. The van der Waals surface area contributed by atoms with Crippen molar-refractivity contribution in [3.05, 3.63) is 77.2 Å². The SMILES string of the molecule is Cc1ccc(C(=O)N2CCCC(c3noc(COc4ccccc4F)n3)C2)cc1. The molecule has 2 aromatic carbocycles. The Morgan fingerprint density at radius 3 is 2.83 bits per heavy atom. The van der Waals surface area contributed by atoms with Crippen molar-refractivity contribution in [3.63, 3.8) is 0 Å². The van der Waals surface area contributed by atoms with E-state index in [4.69, 9.17) is 9.26 Å². The van der Waals surface area contributed by atoms with E-state index in [0.29, 0.717) is 24.5 Å². The van der Waals surface area contributed by atoms with Crippen LogP contribution < -0.4 is 4.74 Å². The van der Waals surface area contributed by atoms with Crippen molar-refractivity contribution in [2.24, 2.45) is 0 Å². The van der Waals surface area contributed by atoms with Crippen molar-refractivity contribution in [3.8, 4) is 5.75 Å². The van der Waals surface area contributed by atoms with Gasteiger partial charge < -0.3 is 14.2 Å². The third-order valence-electron chi connectivity index (χ3n) is 5.04. The van der Waals surface area contributed by atoms with E-state index in [1.165, 1.54) is 6.07 Å². The lowest BCUT2D eigenvalue weighted by Gasteiger charge is -2.31. The van der Waals surface area contributed by atoms with Gasteiger partial charge in [-0.25, -0.2) is 4.39 Å². The van der Waals surface area contributed by atoms with Crippen LogP contribution >= 0.6 is 0 Å². The fourth-order valence-electron chi connectivity index (χ4n) is 3.44. The maximum Gasteiger partial charge on any atom is 0.264 e. The summed E-state index contributed by atoms with van der Waals surface area (Å²) in [6.45, 7) is 3.24. The molecule has 1 aliphatic heterocycles. The Balaban J connectivity index is 1.39. The number of benzene rings is 2. The zero-order valence-electron chi connectivity index (χ0n) is 16.2. The minimum Gasteiger partial charge on any atom is -0.481 e. The molecular formula is C22H22FN3O3. The van der Waals surface area contributed by atoms with Gasteiger partial charge >= 0.3 is 0 Å². The summed E-state index contributed by atoms with van der Waals surface area (Å²) in [5.41, 5.74) is 1.80. The van der Waals surface area contributed by atoms with E-state index in [9.17, 15) is 9.18 Å². The fraction of sp³-hybridized carbons (Fsp3) is 0.318. The van der Waals surface area contributed by atoms with Crippen LogP contribution in [0.4, 0.5) is 4.39 Å². The first kappa shape index (κ1) is 19.1. The van der Waals surface area contributed by atoms with Crippen molar-refractivity contribution in [2.45, 2.75) is 32.3 Å². The Bertz CT molecular complexity index is 987. The summed E-state index contributed by atoms with van der Waals surface area (Å²) in [6, 6.07) is 13.8. The van der Waals surface area contributed by atoms with Gasteiger partial charge in [-0.15, -0.1) is 0 Å². The van der Waals surface area contributed by atoms with Crippen molar-refractivity contribution in [1.29, 1.82) is 0 Å². The topological polar surface area (TPSA) is 68.5 Å². The Hall–Kier alpha value is -3.22. The average Bonchev–Trinajstić information content (AvgIpc) is 3.22. The van der Waals surface area contributed by atoms with Crippen molar-refractivity contribution < 1.29 is 18.4 Å². The van der Waals surface area contributed by atoms with Crippen molar-refractivity contribution >= 4 is 5.91 Å². The molecule has 0 aliphatic carbocycles. The van der Waals surface area contributed by atoms with Crippen LogP contribution in [0.25, 0.3) is 0 Å². The van der Waals surface area contributed by atoms with Crippen LogP contribution in [0.1, 0.15) is 46.4 Å². The molecule has 3 aromatic rings. The number of ether oxygens (including phenoxy) is 1. The highest BCUT2D eigenvalue weighted by atomic mass is 19.1. The Morgan fingerprint density at radius 1 is 1.24 bits per heavy atom. The summed E-state index contributed by atoms with van der Waals surface area (Å²) in [7, 11) is 0. The number of piperidine rings is 1. The number of likely N-dealkylation sites (tertiary alicyclic amines) is 1. The van der Waals surface area contributed by atoms with Gasteiger partial charge in [-0.05, 0) is 44.0 Å². The number of hydrogen-bond acceptors (Lipinski definition) is 5. The third-order valence-corrected chi connectivity index (χ3v) is 5.04. The second-order valence-corrected chi connectivity index (χ2v) is 7.22. The molecule has 1 saturated heterocycles. The molecule has 150 valence electrons. The number of aryl methyl sites for hydroxylation is 1. The molecule has 1 fully saturated rings. The number of hydrogen-bond donors (Lipinski definition) is 0. The second kappa shape index (κ2) is 8.43. The number of amides is 1. The number of rotatable bonds is 5. The van der Waals surface area contributed by atoms with Crippen molar-refractivity contribution in [1.82, 2.24) is 15.0 Å². The lowest BCUT2D eigenvalue weighted by atomic mass is 9.96. The summed E-state index contributed by atoms with van der Waals surface area (Å²) < 4.78 is 24.3. The Kier molecular flexibility index (Phi) is 5.55. The summed E-state index contributed by atoms with van der Waals surface area (Å²) in [5, 5.41) is 4.05. The standard InChI is InChI=1S/C22H22FN3O3/c1-15-8-10-16(11-9-15)22(27)26-12-4-5-17(13-26)21-24-20(29-25-21)14-28-19-7-3-2-6-18(19)23/h2-3,6-11,17H,4-5,12-14H2,1H3. The molecule has 4 rings (SSSR count). The molecule has 0 N–H and O–H groups in total. The van der Waals surface area contributed by atoms with E-state index in [2.05, 4.69) is 10.1 Å². The molecule has 6 nitrogen and oxygen atoms in total. The zero-order valence-corrected chi connectivity index (χ0v) is 16.2. The van der Waals surface area contributed by atoms with Gasteiger partial charge in [0.2, 0.25) is 0 Å². The first-order valence-corrected chi connectivity index (χ1v) is 9.66. The molecule has 1 aromatic heterocycles. The van der Waals surface area contributed by atoms with E-state index in [1.54, 1.807) is 18.2 Å². The van der Waals surface area contributed by atoms with Gasteiger partial charge in [-0.2, -0.15) is 4.98 Å². The molecule has 2 heterocycles. The molecule has 7 heteroatoms. The number of carbonyl (C=O) groups is 1. The van der Waals surface area contributed by atoms with Crippen LogP contribution in [0.3, 0.4) is 0 Å². The smallest absolute Gasteiger partial charge is 0.264 e. The van der Waals surface area contributed by atoms with Crippen LogP contribution in [-0.2, 0) is 6.61 Å². The maximum absolute atomic E-state index is 13.6. The zero-order chi connectivity index (χ0) is 20.2. The minimum absolute atomic E-state index is 0.00381. The molecule has 0 saturated carbocycles. The van der Waals surface area contributed by atoms with Crippen LogP contribution in [0.5, 0.6) is 5.75 Å². The summed E-state index contributed by atoms with van der Waals surface area (Å²) in [4.78, 5) is 19.0. The summed E-state index contributed by atoms with van der Waals surface area (Å²) in [5.74, 6) is 0.554. The predicted molar refractivity (Wildman–Crippen MR) is 104 cm³/mol. The molecular weight excluding hydrogens is 373 g/mol. The minimum atomic E-state index is -0.440. The lowest BCUT2D eigenvalue weighted by Crippen LogP contribution is -2.39. The van der Waals surface area contributed by atoms with E-state index >= 15 is 0 Å². The fourth-order valence-corrected chi connectivity index (χ4v) is 3.44. The van der Waals surface area contributed by atoms with E-state index < -0.39 is 5.82 Å². The van der Waals surface area contributed by atoms with Crippen LogP contribution in [-0.4, -0.2) is 34.0 Å². The first-order valence-electron chi connectivity index (χ1n) is 9.66. The van der Waals surface area contributed by atoms with Gasteiger partial charge in [0.1, 0.15) is 0 Å². The molecule has 0 bridgehead atoms. The monoisotopic (exact) mass is 395 g/mol. The van der Waals surface area contributed by atoms with Crippen molar-refractivity contribution in [2.75, 3.05) is 13.1 Å². The number of halogens is 1. The summed E-state index contributed by atoms with van der Waals surface area (Å²) >= 11 is 0. The Labute approximate surface area is 168 Å². The molecule has 1 amide bonds. The number of para-hydroxylation sites is 1. The number of carbonyl (C=O) groups excluding carboxylic acids is 1. The van der Waals surface area contributed by atoms with E-state index in [0.717, 1.165) is 18.4 Å². The largest absolute Gasteiger partial charge is 0.481 e. The second-order valence-electron chi connectivity index (χ2n) is 7.22. The maximum atomic E-state index is 13.6. The molecule has 1 aliphatic rings. The highest BCUT2D eigenvalue weighted by Crippen LogP contribution is 2.26. The molecule has 1 unspecified atom stereocenters. The number of aromatic nitrogens is 2. The molecule has 1 atom stereocenters. The highest BCUT2D eigenvalue weighted by molar-refractivity contribution is 5.94. The normalized spacial score (nSPS) is 16.6. The van der Waals surface area contributed by atoms with Crippen LogP contribution in [0.15, 0.2) is 53.1 Å². The quantitative estimate of drug-likeness (QED) is 0.650. The average molecular weight is 395 g/mol. The predicted octanol–water partition coefficient (Wildman–Crippen LogP) is 4.12. The Morgan fingerprint density at radius 2 is 2.03 bits per heavy atom. The molecule has 0 spiro atoms. The van der Waals surface area contributed by atoms with Crippen LogP contribution in [0.2, 0.25) is 0 Å². The van der Waals surface area contributed by atoms with Gasteiger partial charge in [0, 0.05) is 24.6 Å². The number of nitrogens with zero attached hydrogens (tertiary/aromatic N) is 3. The lowest BCUT2D eigenvalue weighted by molar-refractivity contribution is 0.0703.